The van der Waals surface area contributed by atoms with Gasteiger partial charge >= 0.3 is 12.8 Å². The predicted octanol–water partition coefficient (Wildman–Crippen LogP) is 5.17. The van der Waals surface area contributed by atoms with E-state index in [0.29, 0.717) is 28.7 Å². The molecule has 41 heavy (non-hydrogen) atoms. The Kier molecular flexibility index (Phi) is 9.27. The molecule has 0 aliphatic carbocycles. The van der Waals surface area contributed by atoms with Crippen LogP contribution in [-0.2, 0) is 16.4 Å². The molecule has 2 heterocycles. The van der Waals surface area contributed by atoms with Crippen molar-refractivity contribution < 1.29 is 39.5 Å². The second kappa shape index (κ2) is 12.4. The minimum atomic E-state index is -4.52. The van der Waals surface area contributed by atoms with E-state index in [1.165, 1.54) is 0 Å². The van der Waals surface area contributed by atoms with Crippen LogP contribution in [0.25, 0.3) is 10.1 Å². The minimum absolute atomic E-state index is 0.0203. The van der Waals surface area contributed by atoms with Gasteiger partial charge in [0.15, 0.2) is 5.75 Å². The van der Waals surface area contributed by atoms with Gasteiger partial charge in [-0.3, -0.25) is 0 Å². The average Bonchev–Trinajstić information content (AvgIpc) is 3.20. The fraction of sp³-hybridized carbons (Fsp3) is 0.385. The molecule has 3 aromatic rings. The SMILES string of the molecule is CN1CCC(Nc2cccc3c(CC(F)(F)F)c(C#CCNc4ccc(S(N)(=O)=O)cc4OC(F)F)sc23)C(F)C1. The number of thiophene rings is 1. The number of halogens is 6. The highest BCUT2D eigenvalue weighted by Crippen LogP contribution is 2.39. The van der Waals surface area contributed by atoms with Gasteiger partial charge in [-0.25, -0.2) is 17.9 Å². The van der Waals surface area contributed by atoms with Crippen LogP contribution in [0.4, 0.5) is 37.7 Å². The van der Waals surface area contributed by atoms with Crippen molar-refractivity contribution in [2.45, 2.75) is 42.7 Å². The van der Waals surface area contributed by atoms with Crippen molar-refractivity contribution in [1.29, 1.82) is 0 Å². The van der Waals surface area contributed by atoms with Crippen LogP contribution in [0.2, 0.25) is 0 Å². The number of hydrogen-bond donors (Lipinski definition) is 3. The van der Waals surface area contributed by atoms with Gasteiger partial charge in [-0.15, -0.1) is 11.3 Å². The molecule has 2 aromatic carbocycles. The van der Waals surface area contributed by atoms with E-state index >= 15 is 0 Å². The highest BCUT2D eigenvalue weighted by Gasteiger charge is 2.32. The number of anilines is 2. The summed E-state index contributed by atoms with van der Waals surface area (Å²) in [6, 6.07) is 7.43. The van der Waals surface area contributed by atoms with Crippen LogP contribution in [-0.4, -0.2) is 65.0 Å². The Morgan fingerprint density at radius 3 is 2.63 bits per heavy atom. The second-order valence-electron chi connectivity index (χ2n) is 9.44. The highest BCUT2D eigenvalue weighted by molar-refractivity contribution is 7.89. The highest BCUT2D eigenvalue weighted by atomic mass is 32.2. The zero-order valence-corrected chi connectivity index (χ0v) is 23.2. The molecule has 2 unspecified atom stereocenters. The molecule has 222 valence electrons. The Balaban J connectivity index is 1.62. The van der Waals surface area contributed by atoms with Crippen LogP contribution in [0, 0.1) is 11.8 Å². The Morgan fingerprint density at radius 2 is 1.98 bits per heavy atom. The summed E-state index contributed by atoms with van der Waals surface area (Å²) in [5.74, 6) is 4.92. The van der Waals surface area contributed by atoms with Gasteiger partial charge in [-0.05, 0) is 42.6 Å². The van der Waals surface area contributed by atoms with Crippen LogP contribution in [0.1, 0.15) is 16.9 Å². The van der Waals surface area contributed by atoms with Crippen molar-refractivity contribution in [3.63, 3.8) is 0 Å². The van der Waals surface area contributed by atoms with E-state index < -0.39 is 52.1 Å². The summed E-state index contributed by atoms with van der Waals surface area (Å²) in [7, 11) is -2.37. The van der Waals surface area contributed by atoms with Crippen molar-refractivity contribution in [3.8, 4) is 17.6 Å². The predicted molar refractivity (Wildman–Crippen MR) is 146 cm³/mol. The van der Waals surface area contributed by atoms with Crippen molar-refractivity contribution in [2.24, 2.45) is 5.14 Å². The molecule has 1 saturated heterocycles. The molecular weight excluding hydrogens is 594 g/mol. The maximum atomic E-state index is 14.6. The van der Waals surface area contributed by atoms with E-state index in [-0.39, 0.29) is 29.2 Å². The number of nitrogens with two attached hydrogens (primary N) is 1. The fourth-order valence-electron chi connectivity index (χ4n) is 4.46. The molecule has 4 rings (SSSR count). The number of nitrogens with zero attached hydrogens (tertiary/aromatic N) is 1. The van der Waals surface area contributed by atoms with Crippen molar-refractivity contribution in [2.75, 3.05) is 37.3 Å². The van der Waals surface area contributed by atoms with E-state index in [4.69, 9.17) is 5.14 Å². The normalized spacial score (nSPS) is 18.3. The first-order chi connectivity index (χ1) is 19.2. The first-order valence-corrected chi connectivity index (χ1v) is 14.6. The number of benzene rings is 2. The number of primary sulfonamides is 1. The molecule has 0 saturated carbocycles. The van der Waals surface area contributed by atoms with Crippen LogP contribution >= 0.6 is 11.3 Å². The molecule has 1 fully saturated rings. The molecule has 0 amide bonds. The van der Waals surface area contributed by atoms with Gasteiger partial charge in [-0.2, -0.15) is 22.0 Å². The van der Waals surface area contributed by atoms with Crippen LogP contribution < -0.4 is 20.5 Å². The molecule has 1 aromatic heterocycles. The fourth-order valence-corrected chi connectivity index (χ4v) is 6.16. The van der Waals surface area contributed by atoms with Gasteiger partial charge in [0.1, 0.15) is 6.17 Å². The third-order valence-electron chi connectivity index (χ3n) is 6.35. The lowest BCUT2D eigenvalue weighted by Gasteiger charge is -2.33. The van der Waals surface area contributed by atoms with Crippen LogP contribution in [0.3, 0.4) is 0 Å². The molecule has 0 spiro atoms. The van der Waals surface area contributed by atoms with Gasteiger partial charge in [0.25, 0.3) is 0 Å². The molecule has 15 heteroatoms. The zero-order valence-electron chi connectivity index (χ0n) is 21.6. The van der Waals surface area contributed by atoms with E-state index in [9.17, 15) is 34.8 Å². The maximum Gasteiger partial charge on any atom is 0.393 e. The molecule has 1 aliphatic rings. The third-order valence-corrected chi connectivity index (χ3v) is 8.46. The third kappa shape index (κ3) is 7.97. The Bertz CT molecular complexity index is 1570. The van der Waals surface area contributed by atoms with E-state index in [2.05, 4.69) is 27.2 Å². The summed E-state index contributed by atoms with van der Waals surface area (Å²) < 4.78 is 109. The lowest BCUT2D eigenvalue weighted by molar-refractivity contribution is -0.126. The summed E-state index contributed by atoms with van der Waals surface area (Å²) >= 11 is 1.04. The lowest BCUT2D eigenvalue weighted by Crippen LogP contribution is -2.46. The summed E-state index contributed by atoms with van der Waals surface area (Å²) in [5.41, 5.74) is 0.473. The first kappa shape index (κ1) is 30.8. The topological polar surface area (TPSA) is 96.7 Å². The standard InChI is InChI=1S/C26H26F6N4O3S2/c1-36-11-9-19(18(27)14-36)35-21-5-2-4-16-17(13-26(30,31)32)23(40-24(16)21)6-3-10-34-20-8-7-15(41(33,37)38)12-22(20)39-25(28)29/h2,4-5,7-8,12,18-19,25,34-35H,9-11,13-14H2,1H3,(H2,33,37,38). The number of piperidine rings is 1. The molecule has 4 N–H and O–H groups in total. The lowest BCUT2D eigenvalue weighted by atomic mass is 10.0. The minimum Gasteiger partial charge on any atom is -0.433 e. The Morgan fingerprint density at radius 1 is 1.22 bits per heavy atom. The quantitative estimate of drug-likeness (QED) is 0.238. The second-order valence-corrected chi connectivity index (χ2v) is 12.0. The van der Waals surface area contributed by atoms with E-state index in [1.54, 1.807) is 18.2 Å². The number of fused-ring (bicyclic) bond motifs is 1. The molecule has 7 nitrogen and oxygen atoms in total. The molecule has 0 bridgehead atoms. The number of nitrogens with one attached hydrogen (secondary N) is 2. The molecule has 0 radical (unpaired) electrons. The largest absolute Gasteiger partial charge is 0.433 e. The number of rotatable bonds is 8. The average molecular weight is 621 g/mol. The Hall–Kier alpha value is -3.19. The van der Waals surface area contributed by atoms with Crippen LogP contribution in [0.5, 0.6) is 5.75 Å². The van der Waals surface area contributed by atoms with Crippen molar-refractivity contribution in [1.82, 2.24) is 4.90 Å². The number of hydrogen-bond acceptors (Lipinski definition) is 7. The Labute approximate surface area is 236 Å². The molecule has 2 atom stereocenters. The number of sulfonamides is 1. The van der Waals surface area contributed by atoms with Gasteiger partial charge in [0.05, 0.1) is 44.9 Å². The van der Waals surface area contributed by atoms with E-state index in [1.807, 2.05) is 11.9 Å². The van der Waals surface area contributed by atoms with Gasteiger partial charge < -0.3 is 20.3 Å². The molecular formula is C26H26F6N4O3S2. The van der Waals surface area contributed by atoms with Crippen LogP contribution in [0.15, 0.2) is 41.3 Å². The number of likely N-dealkylation sites (tertiary alicyclic amines) is 1. The zero-order chi connectivity index (χ0) is 29.9. The van der Waals surface area contributed by atoms with Gasteiger partial charge in [0.2, 0.25) is 10.0 Å². The van der Waals surface area contributed by atoms with Crippen molar-refractivity contribution in [3.05, 3.63) is 46.8 Å². The summed E-state index contributed by atoms with van der Waals surface area (Å²) in [6.07, 6.45) is -6.36. The summed E-state index contributed by atoms with van der Waals surface area (Å²) in [5, 5.41) is 11.3. The van der Waals surface area contributed by atoms with Crippen molar-refractivity contribution >= 4 is 42.8 Å². The summed E-state index contributed by atoms with van der Waals surface area (Å²) in [6.45, 7) is -2.53. The number of alkyl halides is 6. The molecule has 1 aliphatic heterocycles. The smallest absolute Gasteiger partial charge is 0.393 e. The first-order valence-electron chi connectivity index (χ1n) is 12.3. The van der Waals surface area contributed by atoms with Gasteiger partial charge in [-0.1, -0.05) is 24.0 Å². The number of ether oxygens (including phenoxy) is 1. The monoisotopic (exact) mass is 620 g/mol. The van der Waals surface area contributed by atoms with Gasteiger partial charge in [0, 0.05) is 19.2 Å². The maximum absolute atomic E-state index is 14.6. The summed E-state index contributed by atoms with van der Waals surface area (Å²) in [4.78, 5) is 1.58. The van der Waals surface area contributed by atoms with E-state index in [0.717, 1.165) is 29.5 Å².